The summed E-state index contributed by atoms with van der Waals surface area (Å²) in [5.41, 5.74) is 0. The van der Waals surface area contributed by atoms with E-state index in [1.165, 1.54) is 11.3 Å². The van der Waals surface area contributed by atoms with Gasteiger partial charge < -0.3 is 4.90 Å². The van der Waals surface area contributed by atoms with Crippen molar-refractivity contribution < 1.29 is 13.6 Å². The first-order chi connectivity index (χ1) is 8.37. The number of rotatable bonds is 6. The van der Waals surface area contributed by atoms with E-state index >= 15 is 0 Å². The van der Waals surface area contributed by atoms with E-state index < -0.39 is 12.5 Å². The summed E-state index contributed by atoms with van der Waals surface area (Å²) in [4.78, 5) is 13.5. The summed E-state index contributed by atoms with van der Waals surface area (Å²) in [5, 5.41) is 0. The van der Waals surface area contributed by atoms with E-state index in [-0.39, 0.29) is 24.3 Å². The molecule has 1 heterocycles. The molecule has 1 aliphatic heterocycles. The van der Waals surface area contributed by atoms with Crippen LogP contribution in [0.1, 0.15) is 59.3 Å². The lowest BCUT2D eigenvalue weighted by atomic mass is 10.0. The van der Waals surface area contributed by atoms with Crippen LogP contribution in [-0.2, 0) is 4.79 Å². The van der Waals surface area contributed by atoms with Gasteiger partial charge in [0.2, 0.25) is 5.91 Å². The Balaban J connectivity index is 2.39. The van der Waals surface area contributed by atoms with Crippen molar-refractivity contribution in [2.75, 3.05) is 6.54 Å². The van der Waals surface area contributed by atoms with Crippen LogP contribution >= 0.6 is 0 Å². The highest BCUT2D eigenvalue weighted by Crippen LogP contribution is 2.33. The number of hydrogen-bond acceptors (Lipinski definition) is 1. The van der Waals surface area contributed by atoms with Gasteiger partial charge >= 0.3 is 0 Å². The van der Waals surface area contributed by atoms with E-state index in [0.29, 0.717) is 0 Å². The van der Waals surface area contributed by atoms with Crippen LogP contribution in [0.2, 0.25) is 0 Å². The maximum absolute atomic E-state index is 13.2. The normalized spacial score (nSPS) is 24.3. The van der Waals surface area contributed by atoms with Gasteiger partial charge in [0, 0.05) is 18.4 Å². The summed E-state index contributed by atoms with van der Waals surface area (Å²) >= 11 is 0. The molecule has 1 amide bonds. The van der Waals surface area contributed by atoms with Crippen molar-refractivity contribution >= 4 is 5.91 Å². The summed E-state index contributed by atoms with van der Waals surface area (Å²) in [7, 11) is 0. The Hall–Kier alpha value is -0.670. The van der Waals surface area contributed by atoms with Crippen molar-refractivity contribution in [1.82, 2.24) is 4.90 Å². The average Bonchev–Trinajstić information content (AvgIpc) is 2.57. The lowest BCUT2D eigenvalue weighted by Crippen LogP contribution is -2.38. The maximum Gasteiger partial charge on any atom is 0.267 e. The number of alkyl halides is 2. The number of halogens is 2. The van der Waals surface area contributed by atoms with Crippen LogP contribution in [0.4, 0.5) is 8.78 Å². The Labute approximate surface area is 109 Å². The third kappa shape index (κ3) is 4.21. The van der Waals surface area contributed by atoms with Gasteiger partial charge in [-0.1, -0.05) is 39.5 Å². The first-order valence-corrected chi connectivity index (χ1v) is 7.05. The van der Waals surface area contributed by atoms with Crippen molar-refractivity contribution in [3.05, 3.63) is 0 Å². The molecule has 2 atom stereocenters. The van der Waals surface area contributed by atoms with Crippen molar-refractivity contribution in [2.24, 2.45) is 5.92 Å². The number of carbonyl (C=O) groups is 1. The highest BCUT2D eigenvalue weighted by Gasteiger charge is 2.45. The Morgan fingerprint density at radius 1 is 1.39 bits per heavy atom. The molecule has 0 bridgehead atoms. The molecule has 1 unspecified atom stereocenters. The van der Waals surface area contributed by atoms with Crippen LogP contribution in [0.5, 0.6) is 0 Å². The first kappa shape index (κ1) is 15.4. The minimum atomic E-state index is -2.70. The second kappa shape index (κ2) is 6.48. The smallest absolute Gasteiger partial charge is 0.267 e. The number of nitrogens with zero attached hydrogens (tertiary/aromatic N) is 1. The monoisotopic (exact) mass is 261 g/mol. The SMILES string of the molecule is CCCCCCC(C)C(=O)N1CC(F)(F)C[C@H]1C. The standard InChI is InChI=1S/C14H25F2NO/c1-4-5-6-7-8-11(2)13(18)17-10-14(15,16)9-12(17)3/h11-12H,4-10H2,1-3H3/t11?,12-/m1/s1. The summed E-state index contributed by atoms with van der Waals surface area (Å²) in [6.07, 6.45) is 5.10. The van der Waals surface area contributed by atoms with Crippen LogP contribution in [0, 0.1) is 5.92 Å². The number of carbonyl (C=O) groups excluding carboxylic acids is 1. The zero-order valence-electron chi connectivity index (χ0n) is 11.7. The Kier molecular flexibility index (Phi) is 5.54. The Bertz CT molecular complexity index is 281. The Morgan fingerprint density at radius 2 is 2.06 bits per heavy atom. The molecule has 0 spiro atoms. The number of amides is 1. The zero-order chi connectivity index (χ0) is 13.8. The molecule has 0 N–H and O–H groups in total. The molecule has 0 radical (unpaired) electrons. The third-order valence-electron chi connectivity index (χ3n) is 3.72. The molecule has 18 heavy (non-hydrogen) atoms. The minimum absolute atomic E-state index is 0.101. The molecule has 0 aliphatic carbocycles. The first-order valence-electron chi connectivity index (χ1n) is 7.05. The van der Waals surface area contributed by atoms with E-state index in [0.717, 1.165) is 25.7 Å². The van der Waals surface area contributed by atoms with Gasteiger partial charge in [-0.25, -0.2) is 8.78 Å². The average molecular weight is 261 g/mol. The maximum atomic E-state index is 13.2. The minimum Gasteiger partial charge on any atom is -0.334 e. The van der Waals surface area contributed by atoms with Crippen LogP contribution in [0.25, 0.3) is 0 Å². The summed E-state index contributed by atoms with van der Waals surface area (Å²) in [6.45, 7) is 5.31. The fraction of sp³-hybridized carbons (Fsp3) is 0.929. The molecule has 2 nitrogen and oxygen atoms in total. The molecule has 0 aromatic carbocycles. The summed E-state index contributed by atoms with van der Waals surface area (Å²) in [5.74, 6) is -2.92. The second-order valence-corrected chi connectivity index (χ2v) is 5.63. The highest BCUT2D eigenvalue weighted by molar-refractivity contribution is 5.79. The number of likely N-dealkylation sites (tertiary alicyclic amines) is 1. The van der Waals surface area contributed by atoms with Crippen LogP contribution < -0.4 is 0 Å². The lowest BCUT2D eigenvalue weighted by molar-refractivity contribution is -0.137. The van der Waals surface area contributed by atoms with E-state index in [1.54, 1.807) is 6.92 Å². The molecule has 106 valence electrons. The van der Waals surface area contributed by atoms with Gasteiger partial charge in [-0.2, -0.15) is 0 Å². The summed E-state index contributed by atoms with van der Waals surface area (Å²) < 4.78 is 26.5. The van der Waals surface area contributed by atoms with Gasteiger partial charge in [0.05, 0.1) is 6.54 Å². The fourth-order valence-electron chi connectivity index (χ4n) is 2.59. The van der Waals surface area contributed by atoms with Crippen molar-refractivity contribution in [3.63, 3.8) is 0 Å². The van der Waals surface area contributed by atoms with Crippen molar-refractivity contribution in [2.45, 2.75) is 71.3 Å². The van der Waals surface area contributed by atoms with Crippen molar-refractivity contribution in [1.29, 1.82) is 0 Å². The topological polar surface area (TPSA) is 20.3 Å². The largest absolute Gasteiger partial charge is 0.334 e. The van der Waals surface area contributed by atoms with E-state index in [1.807, 2.05) is 6.92 Å². The molecule has 4 heteroatoms. The number of hydrogen-bond donors (Lipinski definition) is 0. The van der Waals surface area contributed by atoms with Gasteiger partial charge in [-0.15, -0.1) is 0 Å². The quantitative estimate of drug-likeness (QED) is 0.665. The molecular formula is C14H25F2NO. The molecule has 0 aromatic heterocycles. The van der Waals surface area contributed by atoms with Gasteiger partial charge in [0.25, 0.3) is 5.92 Å². The van der Waals surface area contributed by atoms with Crippen LogP contribution in [0.15, 0.2) is 0 Å². The molecule has 0 aromatic rings. The van der Waals surface area contributed by atoms with Gasteiger partial charge in [-0.05, 0) is 13.3 Å². The van der Waals surface area contributed by atoms with Crippen molar-refractivity contribution in [3.8, 4) is 0 Å². The van der Waals surface area contributed by atoms with E-state index in [2.05, 4.69) is 6.92 Å². The van der Waals surface area contributed by atoms with Gasteiger partial charge in [0.1, 0.15) is 0 Å². The predicted molar refractivity (Wildman–Crippen MR) is 68.7 cm³/mol. The lowest BCUT2D eigenvalue weighted by Gasteiger charge is -2.24. The van der Waals surface area contributed by atoms with Gasteiger partial charge in [0.15, 0.2) is 0 Å². The third-order valence-corrected chi connectivity index (χ3v) is 3.72. The molecule has 1 saturated heterocycles. The molecule has 1 rings (SSSR count). The van der Waals surface area contributed by atoms with E-state index in [9.17, 15) is 13.6 Å². The zero-order valence-corrected chi connectivity index (χ0v) is 11.7. The molecular weight excluding hydrogens is 236 g/mol. The van der Waals surface area contributed by atoms with E-state index in [4.69, 9.17) is 0 Å². The molecule has 1 aliphatic rings. The fourth-order valence-corrected chi connectivity index (χ4v) is 2.59. The second-order valence-electron chi connectivity index (χ2n) is 5.63. The molecule has 1 fully saturated rings. The van der Waals surface area contributed by atoms with Gasteiger partial charge in [-0.3, -0.25) is 4.79 Å². The molecule has 0 saturated carbocycles. The highest BCUT2D eigenvalue weighted by atomic mass is 19.3. The number of unbranched alkanes of at least 4 members (excludes halogenated alkanes) is 3. The van der Waals surface area contributed by atoms with Crippen LogP contribution in [0.3, 0.4) is 0 Å². The van der Waals surface area contributed by atoms with Crippen LogP contribution in [-0.4, -0.2) is 29.3 Å². The Morgan fingerprint density at radius 3 is 2.56 bits per heavy atom. The predicted octanol–water partition coefficient (Wildman–Crippen LogP) is 3.85. The summed E-state index contributed by atoms with van der Waals surface area (Å²) in [6, 6.07) is -0.328.